The van der Waals surface area contributed by atoms with E-state index in [4.69, 9.17) is 59.5 Å². The number of aryl methyl sites for hydroxylation is 1. The zero-order chi connectivity index (χ0) is 82.7. The lowest BCUT2D eigenvalue weighted by Crippen LogP contribution is -2.62. The molecule has 0 radical (unpaired) electrons. The van der Waals surface area contributed by atoms with Crippen LogP contribution >= 0.6 is 34.0 Å². The zero-order valence-corrected chi connectivity index (χ0v) is 84.6. The number of esters is 2. The maximum Gasteiger partial charge on any atom is 0.380 e. The summed E-state index contributed by atoms with van der Waals surface area (Å²) in [7, 11) is -31.7. The number of ether oxygens (including phenoxy) is 3. The molecule has 3 aromatic carbocycles. The second kappa shape index (κ2) is 36.4. The Bertz CT molecular complexity index is 4180. The lowest BCUT2D eigenvalue weighted by molar-refractivity contribution is -0.254. The smallest absolute Gasteiger partial charge is 0.380 e. The second-order valence-corrected chi connectivity index (χ2v) is 83.0. The zero-order valence-electron chi connectivity index (χ0n) is 70.2. The third-order valence-corrected chi connectivity index (χ3v) is 68.5. The molecular weight excluding hydrogens is 1680 g/mol. The van der Waals surface area contributed by atoms with E-state index in [1.165, 1.54) is 25.2 Å². The van der Waals surface area contributed by atoms with Gasteiger partial charge in [-0.15, -0.1) is 34.0 Å². The number of halogens is 6. The number of fused-ring (bicyclic) bond motifs is 5. The monoisotopic (exact) mass is 1800 g/mol. The van der Waals surface area contributed by atoms with Gasteiger partial charge in [0.05, 0.1) is 17.8 Å². The molecule has 0 unspecified atom stereocenters. The molecule has 16 nitrogen and oxygen atoms in total. The van der Waals surface area contributed by atoms with Crippen LogP contribution in [-0.2, 0) is 69.1 Å². The minimum Gasteiger partial charge on any atom is -0.463 e. The Morgan fingerprint density at radius 2 is 0.755 bits per heavy atom. The quantitative estimate of drug-likeness (QED) is 0.0153. The molecule has 620 valence electrons. The Morgan fingerprint density at radius 1 is 0.391 bits per heavy atom. The van der Waals surface area contributed by atoms with Gasteiger partial charge in [0, 0.05) is 64.3 Å². The molecule has 1 aliphatic rings. The van der Waals surface area contributed by atoms with Gasteiger partial charge in [0.15, 0.2) is 16.6 Å². The van der Waals surface area contributed by atoms with E-state index < -0.39 is 148 Å². The molecule has 1 atom stereocenters. The minimum atomic E-state index is -5.78. The number of alkyl halides is 6. The fourth-order valence-corrected chi connectivity index (χ4v) is 81.4. The Labute approximate surface area is 675 Å². The van der Waals surface area contributed by atoms with E-state index in [9.17, 15) is 9.59 Å². The number of hydrogen-bond donors (Lipinski definition) is 0. The van der Waals surface area contributed by atoms with Gasteiger partial charge in [0.1, 0.15) is 12.7 Å². The van der Waals surface area contributed by atoms with Gasteiger partial charge >= 0.3 is 115 Å². The number of hydrogen-bond acceptors (Lipinski definition) is 19. The number of carbonyl (C=O) groups is 2. The van der Waals surface area contributed by atoms with Crippen LogP contribution < -0.4 is 0 Å². The molecule has 0 saturated carbocycles. The van der Waals surface area contributed by atoms with Gasteiger partial charge in [0.2, 0.25) is 0 Å². The third kappa shape index (κ3) is 26.3. The average Bonchev–Trinajstić information content (AvgIpc) is 1.52. The van der Waals surface area contributed by atoms with Gasteiger partial charge in [-0.25, -0.2) is 0 Å². The Hall–Kier alpha value is -1.82. The van der Waals surface area contributed by atoms with Gasteiger partial charge in [-0.05, 0) is 243 Å². The third-order valence-electron chi connectivity index (χ3n) is 18.1. The van der Waals surface area contributed by atoms with E-state index >= 15 is 26.3 Å². The summed E-state index contributed by atoms with van der Waals surface area (Å²) in [5, 5.41) is 2.62. The molecule has 0 amide bonds. The summed E-state index contributed by atoms with van der Waals surface area (Å²) in [5.41, 5.74) is -2.71. The summed E-state index contributed by atoms with van der Waals surface area (Å²) in [4.78, 5) is 25.2. The van der Waals surface area contributed by atoms with Crippen LogP contribution in [0.25, 0.3) is 51.5 Å². The Morgan fingerprint density at radius 3 is 1.20 bits per heavy atom. The van der Waals surface area contributed by atoms with Gasteiger partial charge < -0.3 is 59.5 Å². The highest BCUT2D eigenvalue weighted by atomic mass is 32.1. The van der Waals surface area contributed by atoms with Crippen LogP contribution in [0.4, 0.5) is 26.3 Å². The molecule has 3 heterocycles. The molecule has 3 aromatic heterocycles. The highest BCUT2D eigenvalue weighted by molar-refractivity contribution is 7.26. The van der Waals surface area contributed by atoms with Crippen LogP contribution in [0.15, 0.2) is 60.7 Å². The number of rotatable bonds is 45. The van der Waals surface area contributed by atoms with Crippen molar-refractivity contribution in [2.75, 3.05) is 19.8 Å². The summed E-state index contributed by atoms with van der Waals surface area (Å²) in [6, 6.07) is 19.7. The minimum absolute atomic E-state index is 0.0175. The molecule has 1 aliphatic carbocycles. The lowest BCUT2D eigenvalue weighted by Gasteiger charge is -2.45. The molecule has 0 spiro atoms. The van der Waals surface area contributed by atoms with Gasteiger partial charge in [0.25, 0.3) is 0 Å². The van der Waals surface area contributed by atoms with Crippen molar-refractivity contribution >= 4 is 200 Å². The molecular formula is C73H124F6O16S3Si12. The molecule has 37 heteroatoms. The predicted molar refractivity (Wildman–Crippen MR) is 467 cm³/mol. The standard InChI is InChI=1S/C73H124F6O16S3Si12/c1-28-29-50-99(4,5)85-101(8,9)87-103(12,13)89-105(16,17)91-107(20,21)93-109(24,25)95-110(26,27)94-108(22,23)92-106(18,19)90-104(14,15)88-102(10,11)86-100(6,7)51-40-47-82-48-49-83-64(80)45-34-32-30-31-33-35-46-65(81)84-55(3)66-57-42-37-39-44-61(57)97-70(66)68-67(71(74,75)73(78,79)72(68,76)77)69-54(2)58-52-59-56-41-36-38-43-60(56)96-63(59)53-62(58)98-69/h36-39,41-44,52-53,55H,28-35,40,45-51H2,1-27H3/t55-/m0/s1. The molecule has 0 aliphatic heterocycles. The molecule has 7 rings (SSSR count). The van der Waals surface area contributed by atoms with Crippen LogP contribution in [0, 0.1) is 6.92 Å². The van der Waals surface area contributed by atoms with Gasteiger partial charge in [-0.3, -0.25) is 9.59 Å². The van der Waals surface area contributed by atoms with E-state index in [1.54, 1.807) is 30.3 Å². The van der Waals surface area contributed by atoms with E-state index in [-0.39, 0.29) is 48.0 Å². The van der Waals surface area contributed by atoms with Crippen molar-refractivity contribution in [1.29, 1.82) is 0 Å². The van der Waals surface area contributed by atoms with Crippen molar-refractivity contribution < 1.29 is 95.4 Å². The molecule has 0 bridgehead atoms. The molecule has 6 aromatic rings. The molecule has 110 heavy (non-hydrogen) atoms. The van der Waals surface area contributed by atoms with Crippen LogP contribution in [0.1, 0.15) is 111 Å². The number of thiophene rings is 3. The maximum atomic E-state index is 16.6. The highest BCUT2D eigenvalue weighted by Crippen LogP contribution is 2.67. The van der Waals surface area contributed by atoms with Gasteiger partial charge in [-0.2, -0.15) is 26.3 Å². The summed E-state index contributed by atoms with van der Waals surface area (Å²) >= 11 is 2.99. The molecule has 0 fully saturated rings. The predicted octanol–water partition coefficient (Wildman–Crippen LogP) is 24.7. The van der Waals surface area contributed by atoms with E-state index in [1.807, 2.05) is 95.8 Å². The average molecular weight is 1800 g/mol. The van der Waals surface area contributed by atoms with Crippen LogP contribution in [0.5, 0.6) is 0 Å². The summed E-state index contributed by atoms with van der Waals surface area (Å²) in [6.07, 6.45) is 6.10. The highest BCUT2D eigenvalue weighted by Gasteiger charge is 2.81. The van der Waals surface area contributed by atoms with Crippen molar-refractivity contribution in [1.82, 2.24) is 0 Å². The van der Waals surface area contributed by atoms with Crippen LogP contribution in [-0.4, -0.2) is 152 Å². The van der Waals surface area contributed by atoms with Crippen molar-refractivity contribution in [3.05, 3.63) is 81.5 Å². The number of allylic oxidation sites excluding steroid dienone is 2. The summed E-state index contributed by atoms with van der Waals surface area (Å²) in [5.74, 6) is -17.3. The molecule has 0 N–H and O–H groups in total. The number of benzene rings is 3. The summed E-state index contributed by atoms with van der Waals surface area (Å²) < 4.78 is 193. The van der Waals surface area contributed by atoms with E-state index in [0.29, 0.717) is 57.4 Å². The number of unbranched alkanes of at least 4 members (excludes halogenated alkanes) is 6. The van der Waals surface area contributed by atoms with Gasteiger partial charge in [-0.1, -0.05) is 81.8 Å². The fraction of sp³-hybridized carbons (Fsp3) is 0.644. The lowest BCUT2D eigenvalue weighted by atomic mass is 9.96. The van der Waals surface area contributed by atoms with Crippen molar-refractivity contribution in [2.45, 2.75) is 284 Å². The van der Waals surface area contributed by atoms with E-state index in [0.717, 1.165) is 82.1 Å². The van der Waals surface area contributed by atoms with Crippen molar-refractivity contribution in [3.63, 3.8) is 0 Å². The molecule has 0 saturated heterocycles. The first-order valence-corrected chi connectivity index (χ1v) is 75.4. The van der Waals surface area contributed by atoms with Crippen molar-refractivity contribution in [3.8, 4) is 0 Å². The fourth-order valence-electron chi connectivity index (χ4n) is 15.8. The van der Waals surface area contributed by atoms with Crippen LogP contribution in [0.3, 0.4) is 0 Å². The second-order valence-electron chi connectivity index (χ2n) is 34.7. The number of carbonyl (C=O) groups excluding carboxylic acids is 2. The van der Waals surface area contributed by atoms with E-state index in [2.05, 4.69) is 98.6 Å². The maximum absolute atomic E-state index is 16.6. The first-order valence-electron chi connectivity index (χ1n) is 38.6. The van der Waals surface area contributed by atoms with Crippen molar-refractivity contribution in [2.24, 2.45) is 0 Å². The van der Waals surface area contributed by atoms with Crippen LogP contribution in [0.2, 0.25) is 169 Å². The summed E-state index contributed by atoms with van der Waals surface area (Å²) in [6.45, 7) is 56.3. The first-order chi connectivity index (χ1) is 50.2. The Kier molecular flexibility index (Phi) is 31.6. The SMILES string of the molecule is CCCC[Si](C)(C)O[Si](C)(C)O[Si](C)(C)O[Si](C)(C)O[Si](C)(C)O[Si](C)(C)O[Si](C)(C)O[Si](C)(C)O[Si](C)(C)O[Si](C)(C)O[Si](C)(C)O[Si](C)(C)CCCOCCOC(=O)CCCCCCCCC(=O)O[C@@H](C)c1c(C2=C(c3sc4cc5sc6ccccc6c5cc4c3C)C(F)(F)C(F)(F)C2(F)F)sc2ccccc12. The first kappa shape index (κ1) is 95.3. The topological polar surface area (TPSA) is 163 Å². The largest absolute Gasteiger partial charge is 0.463 e. The normalized spacial score (nSPS) is 16.4. The Balaban J connectivity index is 0.779.